The molecule has 2 aliphatic carbocycles. The summed E-state index contributed by atoms with van der Waals surface area (Å²) in [5, 5.41) is 5.04. The van der Waals surface area contributed by atoms with Crippen LogP contribution in [0, 0.1) is 0 Å². The maximum atomic E-state index is 5.53. The minimum absolute atomic E-state index is 0.585. The van der Waals surface area contributed by atoms with Gasteiger partial charge in [0, 0.05) is 28.9 Å². The minimum Gasteiger partial charge on any atom is -0.493 e. The van der Waals surface area contributed by atoms with Gasteiger partial charge in [0.25, 0.3) is 0 Å². The van der Waals surface area contributed by atoms with Gasteiger partial charge in [-0.05, 0) is 43.7 Å². The SMILES string of the molecule is COc1cc2nc3c(c(NC4CCCCC4)c2cc1OC)CCC3. The molecule has 0 amide bonds. The van der Waals surface area contributed by atoms with E-state index in [1.807, 2.05) is 6.07 Å². The highest BCUT2D eigenvalue weighted by atomic mass is 16.5. The molecule has 1 N–H and O–H groups in total. The molecule has 1 saturated carbocycles. The highest BCUT2D eigenvalue weighted by Crippen LogP contribution is 2.40. The van der Waals surface area contributed by atoms with E-state index < -0.39 is 0 Å². The molecule has 0 saturated heterocycles. The van der Waals surface area contributed by atoms with Gasteiger partial charge in [0.05, 0.1) is 19.7 Å². The second-order valence-electron chi connectivity index (χ2n) is 6.97. The number of hydrogen-bond acceptors (Lipinski definition) is 4. The quantitative estimate of drug-likeness (QED) is 0.899. The van der Waals surface area contributed by atoms with Gasteiger partial charge in [-0.1, -0.05) is 19.3 Å². The number of methoxy groups -OCH3 is 2. The smallest absolute Gasteiger partial charge is 0.162 e. The zero-order chi connectivity index (χ0) is 16.5. The van der Waals surface area contributed by atoms with E-state index in [0.717, 1.165) is 29.9 Å². The van der Waals surface area contributed by atoms with Crippen LogP contribution >= 0.6 is 0 Å². The van der Waals surface area contributed by atoms with Gasteiger partial charge in [-0.15, -0.1) is 0 Å². The molecule has 1 fully saturated rings. The number of hydrogen-bond donors (Lipinski definition) is 1. The molecule has 0 unspecified atom stereocenters. The summed E-state index contributed by atoms with van der Waals surface area (Å²) < 4.78 is 11.0. The van der Waals surface area contributed by atoms with Crippen LogP contribution in [0.3, 0.4) is 0 Å². The highest BCUT2D eigenvalue weighted by molar-refractivity contribution is 5.96. The summed E-state index contributed by atoms with van der Waals surface area (Å²) in [5.74, 6) is 1.52. The number of pyridine rings is 1. The third-order valence-electron chi connectivity index (χ3n) is 5.47. The molecule has 2 aliphatic rings. The zero-order valence-corrected chi connectivity index (χ0v) is 14.7. The van der Waals surface area contributed by atoms with Crippen molar-refractivity contribution in [3.63, 3.8) is 0 Å². The van der Waals surface area contributed by atoms with Crippen LogP contribution in [0.15, 0.2) is 12.1 Å². The van der Waals surface area contributed by atoms with Crippen LogP contribution in [0.5, 0.6) is 11.5 Å². The van der Waals surface area contributed by atoms with Crippen molar-refractivity contribution < 1.29 is 9.47 Å². The van der Waals surface area contributed by atoms with Crippen LogP contribution in [-0.2, 0) is 12.8 Å². The normalized spacial score (nSPS) is 17.8. The summed E-state index contributed by atoms with van der Waals surface area (Å²) in [6, 6.07) is 4.69. The number of benzene rings is 1. The van der Waals surface area contributed by atoms with Crippen molar-refractivity contribution in [2.45, 2.75) is 57.4 Å². The first-order valence-electron chi connectivity index (χ1n) is 9.14. The van der Waals surface area contributed by atoms with Crippen molar-refractivity contribution in [2.24, 2.45) is 0 Å². The van der Waals surface area contributed by atoms with E-state index in [1.165, 1.54) is 60.9 Å². The lowest BCUT2D eigenvalue weighted by molar-refractivity contribution is 0.356. The Hall–Kier alpha value is -1.97. The lowest BCUT2D eigenvalue weighted by Crippen LogP contribution is -2.23. The number of fused-ring (bicyclic) bond motifs is 2. The fourth-order valence-electron chi connectivity index (χ4n) is 4.21. The van der Waals surface area contributed by atoms with Gasteiger partial charge in [0.15, 0.2) is 11.5 Å². The molecule has 1 aromatic carbocycles. The van der Waals surface area contributed by atoms with Gasteiger partial charge < -0.3 is 14.8 Å². The number of nitrogens with one attached hydrogen (secondary N) is 1. The third-order valence-corrected chi connectivity index (χ3v) is 5.47. The molecular weight excluding hydrogens is 300 g/mol. The first kappa shape index (κ1) is 15.6. The van der Waals surface area contributed by atoms with Crippen molar-refractivity contribution in [2.75, 3.05) is 19.5 Å². The van der Waals surface area contributed by atoms with E-state index in [9.17, 15) is 0 Å². The maximum absolute atomic E-state index is 5.53. The van der Waals surface area contributed by atoms with Crippen molar-refractivity contribution in [3.8, 4) is 11.5 Å². The number of aryl methyl sites for hydroxylation is 1. The second-order valence-corrected chi connectivity index (χ2v) is 6.97. The van der Waals surface area contributed by atoms with Crippen LogP contribution in [-0.4, -0.2) is 25.2 Å². The molecule has 4 nitrogen and oxygen atoms in total. The summed E-state index contributed by atoms with van der Waals surface area (Å²) in [7, 11) is 3.37. The first-order chi connectivity index (χ1) is 11.8. The topological polar surface area (TPSA) is 43.4 Å². The second kappa shape index (κ2) is 6.50. The van der Waals surface area contributed by atoms with Gasteiger partial charge in [-0.25, -0.2) is 0 Å². The Labute approximate surface area is 143 Å². The highest BCUT2D eigenvalue weighted by Gasteiger charge is 2.23. The van der Waals surface area contributed by atoms with Gasteiger partial charge in [-0.3, -0.25) is 4.98 Å². The Morgan fingerprint density at radius 2 is 1.71 bits per heavy atom. The van der Waals surface area contributed by atoms with Gasteiger partial charge >= 0.3 is 0 Å². The molecular formula is C20H26N2O2. The summed E-state index contributed by atoms with van der Waals surface area (Å²) in [6.07, 6.45) is 9.99. The number of rotatable bonds is 4. The average Bonchev–Trinajstić information content (AvgIpc) is 3.09. The molecule has 0 bridgehead atoms. The molecule has 0 atom stereocenters. The molecule has 1 heterocycles. The van der Waals surface area contributed by atoms with Crippen LogP contribution in [0.1, 0.15) is 49.8 Å². The fraction of sp³-hybridized carbons (Fsp3) is 0.550. The molecule has 0 aliphatic heterocycles. The Morgan fingerprint density at radius 3 is 2.46 bits per heavy atom. The molecule has 0 radical (unpaired) electrons. The number of ether oxygens (including phenoxy) is 2. The fourth-order valence-corrected chi connectivity index (χ4v) is 4.21. The summed E-state index contributed by atoms with van der Waals surface area (Å²) >= 11 is 0. The van der Waals surface area contributed by atoms with Crippen molar-refractivity contribution in [1.29, 1.82) is 0 Å². The Balaban J connectivity index is 1.85. The number of anilines is 1. The van der Waals surface area contributed by atoms with E-state index in [2.05, 4.69) is 11.4 Å². The van der Waals surface area contributed by atoms with Crippen LogP contribution in [0.25, 0.3) is 10.9 Å². The van der Waals surface area contributed by atoms with E-state index in [1.54, 1.807) is 14.2 Å². The molecule has 0 spiro atoms. The molecule has 4 rings (SSSR count). The van der Waals surface area contributed by atoms with Crippen LogP contribution in [0.2, 0.25) is 0 Å². The van der Waals surface area contributed by atoms with Gasteiger partial charge in [-0.2, -0.15) is 0 Å². The van der Waals surface area contributed by atoms with Crippen LogP contribution < -0.4 is 14.8 Å². The average molecular weight is 326 g/mol. The Morgan fingerprint density at radius 1 is 0.958 bits per heavy atom. The lowest BCUT2D eigenvalue weighted by atomic mass is 9.94. The van der Waals surface area contributed by atoms with E-state index in [4.69, 9.17) is 14.5 Å². The molecule has 24 heavy (non-hydrogen) atoms. The van der Waals surface area contributed by atoms with Crippen molar-refractivity contribution in [3.05, 3.63) is 23.4 Å². The summed E-state index contributed by atoms with van der Waals surface area (Å²) in [6.45, 7) is 0. The number of aromatic nitrogens is 1. The zero-order valence-electron chi connectivity index (χ0n) is 14.7. The number of nitrogens with zero attached hydrogens (tertiary/aromatic N) is 1. The van der Waals surface area contributed by atoms with Crippen molar-refractivity contribution >= 4 is 16.6 Å². The molecule has 128 valence electrons. The summed E-state index contributed by atoms with van der Waals surface area (Å²) in [5.41, 5.74) is 4.97. The minimum atomic E-state index is 0.585. The van der Waals surface area contributed by atoms with Crippen LogP contribution in [0.4, 0.5) is 5.69 Å². The Bertz CT molecular complexity index is 751. The standard InChI is InChI=1S/C20H26N2O2/c1-23-18-11-15-17(12-19(18)24-2)22-16-10-6-9-14(16)20(15)21-13-7-4-3-5-8-13/h11-13H,3-10H2,1-2H3,(H,21,22). The maximum Gasteiger partial charge on any atom is 0.162 e. The Kier molecular flexibility index (Phi) is 4.21. The third kappa shape index (κ3) is 2.68. The molecule has 2 aromatic rings. The monoisotopic (exact) mass is 326 g/mol. The predicted molar refractivity (Wildman–Crippen MR) is 97.4 cm³/mol. The predicted octanol–water partition coefficient (Wildman–Crippen LogP) is 4.49. The van der Waals surface area contributed by atoms with Gasteiger partial charge in [0.2, 0.25) is 0 Å². The largest absolute Gasteiger partial charge is 0.493 e. The van der Waals surface area contributed by atoms with E-state index in [-0.39, 0.29) is 0 Å². The van der Waals surface area contributed by atoms with Crippen molar-refractivity contribution in [1.82, 2.24) is 4.98 Å². The first-order valence-corrected chi connectivity index (χ1v) is 9.14. The molecule has 1 aromatic heterocycles. The summed E-state index contributed by atoms with van der Waals surface area (Å²) in [4.78, 5) is 4.92. The molecule has 4 heteroatoms. The van der Waals surface area contributed by atoms with E-state index >= 15 is 0 Å². The van der Waals surface area contributed by atoms with E-state index in [0.29, 0.717) is 6.04 Å². The van der Waals surface area contributed by atoms with Gasteiger partial charge in [0.1, 0.15) is 0 Å². The lowest BCUT2D eigenvalue weighted by Gasteiger charge is -2.26.